The van der Waals surface area contributed by atoms with Crippen LogP contribution in [0.1, 0.15) is 46.5 Å². The molecule has 1 rings (SSSR count). The van der Waals surface area contributed by atoms with Gasteiger partial charge in [0.1, 0.15) is 0 Å². The summed E-state index contributed by atoms with van der Waals surface area (Å²) < 4.78 is 0. The fraction of sp³-hybridized carbons (Fsp3) is 0.929. The zero-order chi connectivity index (χ0) is 12.9. The smallest absolute Gasteiger partial charge is 0.0621 e. The Kier molecular flexibility index (Phi) is 5.42. The Balaban J connectivity index is 2.42. The Morgan fingerprint density at radius 3 is 2.82 bits per heavy atom. The molecule has 1 saturated heterocycles. The summed E-state index contributed by atoms with van der Waals surface area (Å²) in [4.78, 5) is 2.46. The molecule has 0 aromatic rings. The SMILES string of the molecule is CC(O)C1CCCN(CC(C)(C)CCC#N)C1. The third-order valence-electron chi connectivity index (χ3n) is 3.79. The van der Waals surface area contributed by atoms with Crippen LogP contribution in [0, 0.1) is 22.7 Å². The number of likely N-dealkylation sites (tertiary alicyclic amines) is 1. The van der Waals surface area contributed by atoms with E-state index in [2.05, 4.69) is 24.8 Å². The lowest BCUT2D eigenvalue weighted by molar-refractivity contribution is 0.0458. The zero-order valence-corrected chi connectivity index (χ0v) is 11.4. The molecular formula is C14H26N2O. The molecule has 0 saturated carbocycles. The first kappa shape index (κ1) is 14.5. The maximum atomic E-state index is 9.66. The molecular weight excluding hydrogens is 212 g/mol. The Morgan fingerprint density at radius 2 is 2.24 bits per heavy atom. The summed E-state index contributed by atoms with van der Waals surface area (Å²) in [6, 6.07) is 2.23. The monoisotopic (exact) mass is 238 g/mol. The van der Waals surface area contributed by atoms with E-state index >= 15 is 0 Å². The fourth-order valence-corrected chi connectivity index (χ4v) is 2.71. The van der Waals surface area contributed by atoms with Crippen molar-refractivity contribution in [2.45, 2.75) is 52.6 Å². The van der Waals surface area contributed by atoms with Crippen molar-refractivity contribution in [1.29, 1.82) is 5.26 Å². The van der Waals surface area contributed by atoms with Crippen molar-refractivity contribution >= 4 is 0 Å². The molecule has 2 unspecified atom stereocenters. The minimum absolute atomic E-state index is 0.194. The van der Waals surface area contributed by atoms with E-state index in [-0.39, 0.29) is 11.5 Å². The number of aliphatic hydroxyl groups is 1. The molecule has 0 aliphatic carbocycles. The third-order valence-corrected chi connectivity index (χ3v) is 3.79. The van der Waals surface area contributed by atoms with Gasteiger partial charge in [0.2, 0.25) is 0 Å². The van der Waals surface area contributed by atoms with Crippen molar-refractivity contribution in [3.05, 3.63) is 0 Å². The van der Waals surface area contributed by atoms with Gasteiger partial charge in [-0.05, 0) is 44.1 Å². The average molecular weight is 238 g/mol. The van der Waals surface area contributed by atoms with Gasteiger partial charge in [0.15, 0.2) is 0 Å². The van der Waals surface area contributed by atoms with Crippen LogP contribution in [0.15, 0.2) is 0 Å². The van der Waals surface area contributed by atoms with Crippen molar-refractivity contribution < 1.29 is 5.11 Å². The van der Waals surface area contributed by atoms with Crippen LogP contribution in [-0.4, -0.2) is 35.7 Å². The Hall–Kier alpha value is -0.590. The molecule has 0 bridgehead atoms. The second-order valence-electron chi connectivity index (χ2n) is 6.20. The van der Waals surface area contributed by atoms with Gasteiger partial charge in [0.25, 0.3) is 0 Å². The van der Waals surface area contributed by atoms with Crippen molar-refractivity contribution in [3.63, 3.8) is 0 Å². The Bertz CT molecular complexity index is 268. The summed E-state index contributed by atoms with van der Waals surface area (Å²) in [5.41, 5.74) is 0.205. The highest BCUT2D eigenvalue weighted by atomic mass is 16.3. The van der Waals surface area contributed by atoms with E-state index in [4.69, 9.17) is 5.26 Å². The van der Waals surface area contributed by atoms with Gasteiger partial charge in [-0.2, -0.15) is 5.26 Å². The lowest BCUT2D eigenvalue weighted by Gasteiger charge is -2.38. The first-order chi connectivity index (χ1) is 7.94. The predicted octanol–water partition coefficient (Wildman–Crippen LogP) is 2.41. The normalized spacial score (nSPS) is 24.3. The highest BCUT2D eigenvalue weighted by Crippen LogP contribution is 2.27. The number of aliphatic hydroxyl groups excluding tert-OH is 1. The second kappa shape index (κ2) is 6.37. The molecule has 0 aromatic heterocycles. The van der Waals surface area contributed by atoms with Gasteiger partial charge < -0.3 is 10.0 Å². The van der Waals surface area contributed by atoms with Crippen LogP contribution in [0.4, 0.5) is 0 Å². The van der Waals surface area contributed by atoms with Crippen molar-refractivity contribution in [3.8, 4) is 6.07 Å². The molecule has 3 heteroatoms. The van der Waals surface area contributed by atoms with Gasteiger partial charge in [-0.15, -0.1) is 0 Å². The van der Waals surface area contributed by atoms with Crippen LogP contribution >= 0.6 is 0 Å². The molecule has 17 heavy (non-hydrogen) atoms. The summed E-state index contributed by atoms with van der Waals surface area (Å²) in [6.07, 6.45) is 3.73. The van der Waals surface area contributed by atoms with Crippen molar-refractivity contribution in [2.75, 3.05) is 19.6 Å². The molecule has 0 aromatic carbocycles. The number of hydrogen-bond acceptors (Lipinski definition) is 3. The van der Waals surface area contributed by atoms with E-state index in [9.17, 15) is 5.11 Å². The average Bonchev–Trinajstić information content (AvgIpc) is 2.26. The van der Waals surface area contributed by atoms with Crippen molar-refractivity contribution in [2.24, 2.45) is 11.3 Å². The van der Waals surface area contributed by atoms with E-state index in [1.807, 2.05) is 6.92 Å². The van der Waals surface area contributed by atoms with E-state index in [0.717, 1.165) is 32.5 Å². The highest BCUT2D eigenvalue weighted by molar-refractivity contribution is 4.83. The Labute approximate surface area is 105 Å². The van der Waals surface area contributed by atoms with Gasteiger partial charge in [-0.1, -0.05) is 13.8 Å². The zero-order valence-electron chi connectivity index (χ0n) is 11.4. The molecule has 0 spiro atoms. The summed E-state index contributed by atoms with van der Waals surface area (Å²) in [5.74, 6) is 0.426. The third kappa shape index (κ3) is 5.06. The summed E-state index contributed by atoms with van der Waals surface area (Å²) in [7, 11) is 0. The van der Waals surface area contributed by atoms with Crippen LogP contribution < -0.4 is 0 Å². The first-order valence-corrected chi connectivity index (χ1v) is 6.72. The molecule has 0 amide bonds. The van der Waals surface area contributed by atoms with Crippen LogP contribution in [-0.2, 0) is 0 Å². The minimum atomic E-state index is -0.194. The molecule has 1 fully saturated rings. The fourth-order valence-electron chi connectivity index (χ4n) is 2.71. The first-order valence-electron chi connectivity index (χ1n) is 6.72. The molecule has 1 aliphatic rings. The van der Waals surface area contributed by atoms with Crippen LogP contribution in [0.3, 0.4) is 0 Å². The molecule has 1 heterocycles. The number of nitrogens with zero attached hydrogens (tertiary/aromatic N) is 2. The van der Waals surface area contributed by atoms with Crippen molar-refractivity contribution in [1.82, 2.24) is 4.90 Å². The quantitative estimate of drug-likeness (QED) is 0.800. The van der Waals surface area contributed by atoms with E-state index in [0.29, 0.717) is 12.3 Å². The van der Waals surface area contributed by atoms with E-state index in [1.54, 1.807) is 0 Å². The lowest BCUT2D eigenvalue weighted by Crippen LogP contribution is -2.43. The Morgan fingerprint density at radius 1 is 1.53 bits per heavy atom. The summed E-state index contributed by atoms with van der Waals surface area (Å²) in [5, 5.41) is 18.3. The van der Waals surface area contributed by atoms with Gasteiger partial charge in [0, 0.05) is 19.5 Å². The lowest BCUT2D eigenvalue weighted by atomic mass is 9.85. The predicted molar refractivity (Wildman–Crippen MR) is 69.5 cm³/mol. The molecule has 1 aliphatic heterocycles. The molecule has 2 atom stereocenters. The number of rotatable bonds is 5. The summed E-state index contributed by atoms with van der Waals surface area (Å²) in [6.45, 7) is 9.55. The molecule has 1 N–H and O–H groups in total. The standard InChI is InChI=1S/C14H26N2O/c1-12(17)13-6-4-9-16(10-13)11-14(2,3)7-5-8-15/h12-13,17H,4-7,9-11H2,1-3H3. The number of nitriles is 1. The maximum absolute atomic E-state index is 9.66. The van der Waals surface area contributed by atoms with Gasteiger partial charge in [0.05, 0.1) is 12.2 Å². The molecule has 0 radical (unpaired) electrons. The van der Waals surface area contributed by atoms with Gasteiger partial charge >= 0.3 is 0 Å². The molecule has 98 valence electrons. The number of piperidine rings is 1. The van der Waals surface area contributed by atoms with Gasteiger partial charge in [-0.3, -0.25) is 0 Å². The summed E-state index contributed by atoms with van der Waals surface area (Å²) >= 11 is 0. The highest BCUT2D eigenvalue weighted by Gasteiger charge is 2.27. The van der Waals surface area contributed by atoms with Gasteiger partial charge in [-0.25, -0.2) is 0 Å². The van der Waals surface area contributed by atoms with Crippen LogP contribution in [0.25, 0.3) is 0 Å². The number of hydrogen-bond donors (Lipinski definition) is 1. The maximum Gasteiger partial charge on any atom is 0.0621 e. The topological polar surface area (TPSA) is 47.3 Å². The van der Waals surface area contributed by atoms with Crippen LogP contribution in [0.5, 0.6) is 0 Å². The van der Waals surface area contributed by atoms with E-state index < -0.39 is 0 Å². The van der Waals surface area contributed by atoms with E-state index in [1.165, 1.54) is 6.42 Å². The molecule has 3 nitrogen and oxygen atoms in total. The van der Waals surface area contributed by atoms with Crippen LogP contribution in [0.2, 0.25) is 0 Å². The minimum Gasteiger partial charge on any atom is -0.393 e. The second-order valence-corrected chi connectivity index (χ2v) is 6.20. The largest absolute Gasteiger partial charge is 0.393 e.